The first kappa shape index (κ1) is 17.1. The van der Waals surface area contributed by atoms with Gasteiger partial charge in [0.1, 0.15) is 6.61 Å². The molecule has 0 bridgehead atoms. The van der Waals surface area contributed by atoms with Crippen LogP contribution in [0.2, 0.25) is 0 Å². The average Bonchev–Trinajstić information content (AvgIpc) is 2.66. The van der Waals surface area contributed by atoms with Crippen molar-refractivity contribution in [2.75, 3.05) is 13.2 Å². The second-order valence-corrected chi connectivity index (χ2v) is 7.40. The van der Waals surface area contributed by atoms with Gasteiger partial charge in [0.2, 0.25) is 0 Å². The Bertz CT molecular complexity index is 753. The summed E-state index contributed by atoms with van der Waals surface area (Å²) in [7, 11) is 0. The van der Waals surface area contributed by atoms with E-state index in [9.17, 15) is 4.79 Å². The molecule has 0 aliphatic carbocycles. The predicted molar refractivity (Wildman–Crippen MR) is 99.8 cm³/mol. The maximum absolute atomic E-state index is 12.8. The number of piperidine rings is 1. The molecule has 1 spiro atoms. The van der Waals surface area contributed by atoms with Gasteiger partial charge in [-0.2, -0.15) is 0 Å². The van der Waals surface area contributed by atoms with Crippen LogP contribution in [0.3, 0.4) is 0 Å². The Hall–Kier alpha value is -2.33. The van der Waals surface area contributed by atoms with Crippen molar-refractivity contribution in [1.29, 1.82) is 0 Å². The number of hydrogen-bond acceptors (Lipinski definition) is 3. The molecule has 4 nitrogen and oxygen atoms in total. The normalized spacial score (nSPS) is 25.0. The van der Waals surface area contributed by atoms with Crippen LogP contribution in [0, 0.1) is 6.92 Å². The zero-order valence-electron chi connectivity index (χ0n) is 15.2. The summed E-state index contributed by atoms with van der Waals surface area (Å²) in [4.78, 5) is 14.7. The van der Waals surface area contributed by atoms with Gasteiger partial charge in [0.15, 0.2) is 0 Å². The van der Waals surface area contributed by atoms with Gasteiger partial charge in [0.25, 0.3) is 0 Å². The molecule has 0 N–H and O–H groups in total. The van der Waals surface area contributed by atoms with E-state index in [0.717, 1.165) is 37.0 Å². The summed E-state index contributed by atoms with van der Waals surface area (Å²) in [6.45, 7) is 3.89. The van der Waals surface area contributed by atoms with Crippen LogP contribution >= 0.6 is 0 Å². The van der Waals surface area contributed by atoms with Gasteiger partial charge in [-0.1, -0.05) is 60.2 Å². The second kappa shape index (κ2) is 7.12. The number of ether oxygens (including phenoxy) is 2. The second-order valence-electron chi connectivity index (χ2n) is 7.40. The third-order valence-electron chi connectivity index (χ3n) is 5.62. The molecule has 2 aromatic carbocycles. The number of amides is 1. The number of likely N-dealkylation sites (tertiary alicyclic amines) is 1. The SMILES string of the molecule is Cc1ccc(C2CC3(CCO3)CCN2C(=O)OCc2ccccc2)cc1. The molecule has 2 aliphatic heterocycles. The molecular formula is C22H25NO3. The molecule has 26 heavy (non-hydrogen) atoms. The third-order valence-corrected chi connectivity index (χ3v) is 5.62. The number of aryl methyl sites for hydroxylation is 1. The van der Waals surface area contributed by atoms with Crippen molar-refractivity contribution >= 4 is 6.09 Å². The highest BCUT2D eigenvalue weighted by Crippen LogP contribution is 2.45. The number of benzene rings is 2. The van der Waals surface area contributed by atoms with E-state index in [2.05, 4.69) is 31.2 Å². The van der Waals surface area contributed by atoms with Crippen molar-refractivity contribution in [3.63, 3.8) is 0 Å². The molecule has 136 valence electrons. The van der Waals surface area contributed by atoms with E-state index in [-0.39, 0.29) is 17.7 Å². The Balaban J connectivity index is 1.50. The lowest BCUT2D eigenvalue weighted by Gasteiger charge is -2.50. The highest BCUT2D eigenvalue weighted by atomic mass is 16.6. The largest absolute Gasteiger partial charge is 0.445 e. The average molecular weight is 351 g/mol. The summed E-state index contributed by atoms with van der Waals surface area (Å²) >= 11 is 0. The van der Waals surface area contributed by atoms with Crippen LogP contribution in [0.15, 0.2) is 54.6 Å². The lowest BCUT2D eigenvalue weighted by Crippen LogP contribution is -2.54. The van der Waals surface area contributed by atoms with Gasteiger partial charge >= 0.3 is 6.09 Å². The summed E-state index contributed by atoms with van der Waals surface area (Å²) in [6, 6.07) is 18.3. The molecule has 2 aliphatic rings. The summed E-state index contributed by atoms with van der Waals surface area (Å²) < 4.78 is 11.5. The minimum atomic E-state index is -0.242. The fourth-order valence-corrected chi connectivity index (χ4v) is 3.90. The van der Waals surface area contributed by atoms with Crippen LogP contribution in [0.4, 0.5) is 4.79 Å². The highest BCUT2D eigenvalue weighted by molar-refractivity contribution is 5.68. The Morgan fingerprint density at radius 3 is 2.54 bits per heavy atom. The first-order valence-corrected chi connectivity index (χ1v) is 9.33. The molecule has 2 fully saturated rings. The van der Waals surface area contributed by atoms with Gasteiger partial charge in [-0.25, -0.2) is 4.79 Å². The first-order chi connectivity index (χ1) is 12.7. The molecule has 2 heterocycles. The van der Waals surface area contributed by atoms with Crippen molar-refractivity contribution in [2.24, 2.45) is 0 Å². The molecular weight excluding hydrogens is 326 g/mol. The minimum Gasteiger partial charge on any atom is -0.445 e. The van der Waals surface area contributed by atoms with Crippen LogP contribution in [0.5, 0.6) is 0 Å². The van der Waals surface area contributed by atoms with Crippen molar-refractivity contribution in [2.45, 2.75) is 44.4 Å². The predicted octanol–water partition coefficient (Wildman–Crippen LogP) is 4.63. The molecule has 0 saturated carbocycles. The zero-order valence-corrected chi connectivity index (χ0v) is 15.2. The summed E-state index contributed by atoms with van der Waals surface area (Å²) in [5, 5.41) is 0. The monoisotopic (exact) mass is 351 g/mol. The van der Waals surface area contributed by atoms with E-state index in [0.29, 0.717) is 13.2 Å². The van der Waals surface area contributed by atoms with Crippen LogP contribution in [-0.4, -0.2) is 29.7 Å². The highest BCUT2D eigenvalue weighted by Gasteiger charge is 2.47. The van der Waals surface area contributed by atoms with E-state index in [1.165, 1.54) is 5.56 Å². The van der Waals surface area contributed by atoms with Crippen molar-refractivity contribution in [3.05, 3.63) is 71.3 Å². The maximum atomic E-state index is 12.8. The molecule has 2 atom stereocenters. The number of carbonyl (C=O) groups is 1. The molecule has 2 saturated heterocycles. The zero-order chi connectivity index (χ0) is 18.0. The summed E-state index contributed by atoms with van der Waals surface area (Å²) in [5.74, 6) is 0. The Morgan fingerprint density at radius 2 is 1.88 bits per heavy atom. The fraction of sp³-hybridized carbons (Fsp3) is 0.409. The van der Waals surface area contributed by atoms with E-state index in [4.69, 9.17) is 9.47 Å². The number of hydrogen-bond donors (Lipinski definition) is 0. The number of rotatable bonds is 3. The van der Waals surface area contributed by atoms with Crippen LogP contribution in [0.1, 0.15) is 42.0 Å². The van der Waals surface area contributed by atoms with Gasteiger partial charge in [0, 0.05) is 13.0 Å². The molecule has 4 heteroatoms. The Labute approximate surface area is 154 Å². The van der Waals surface area contributed by atoms with Crippen LogP contribution < -0.4 is 0 Å². The van der Waals surface area contributed by atoms with E-state index in [1.807, 2.05) is 35.2 Å². The van der Waals surface area contributed by atoms with E-state index in [1.54, 1.807) is 0 Å². The lowest BCUT2D eigenvalue weighted by molar-refractivity contribution is -0.181. The molecule has 2 aromatic rings. The smallest absolute Gasteiger partial charge is 0.410 e. The standard InChI is InChI=1S/C22H25NO3/c1-17-7-9-19(10-8-17)20-15-22(12-14-26-22)11-13-23(20)21(24)25-16-18-5-3-2-4-6-18/h2-10,20H,11-16H2,1H3. The molecule has 1 amide bonds. The van der Waals surface area contributed by atoms with Crippen LogP contribution in [-0.2, 0) is 16.1 Å². The van der Waals surface area contributed by atoms with Crippen molar-refractivity contribution in [3.8, 4) is 0 Å². The topological polar surface area (TPSA) is 38.8 Å². The van der Waals surface area contributed by atoms with E-state index >= 15 is 0 Å². The summed E-state index contributed by atoms with van der Waals surface area (Å²) in [5.41, 5.74) is 3.33. The van der Waals surface area contributed by atoms with Gasteiger partial charge in [-0.3, -0.25) is 0 Å². The fourth-order valence-electron chi connectivity index (χ4n) is 3.90. The quantitative estimate of drug-likeness (QED) is 0.809. The van der Waals surface area contributed by atoms with Crippen LogP contribution in [0.25, 0.3) is 0 Å². The van der Waals surface area contributed by atoms with Gasteiger partial charge in [0.05, 0.1) is 18.2 Å². The van der Waals surface area contributed by atoms with E-state index < -0.39 is 0 Å². The summed E-state index contributed by atoms with van der Waals surface area (Å²) in [6.07, 6.45) is 2.57. The van der Waals surface area contributed by atoms with Gasteiger partial charge < -0.3 is 14.4 Å². The number of carbonyl (C=O) groups excluding carboxylic acids is 1. The third kappa shape index (κ3) is 3.47. The van der Waals surface area contributed by atoms with Gasteiger partial charge in [-0.05, 0) is 30.9 Å². The van der Waals surface area contributed by atoms with Gasteiger partial charge in [-0.15, -0.1) is 0 Å². The lowest BCUT2D eigenvalue weighted by atomic mass is 9.78. The van der Waals surface area contributed by atoms with Crippen molar-refractivity contribution < 1.29 is 14.3 Å². The maximum Gasteiger partial charge on any atom is 0.410 e. The minimum absolute atomic E-state index is 0.00734. The Kier molecular flexibility index (Phi) is 4.68. The molecule has 0 radical (unpaired) electrons. The number of nitrogens with zero attached hydrogens (tertiary/aromatic N) is 1. The molecule has 2 unspecified atom stereocenters. The molecule has 0 aromatic heterocycles. The van der Waals surface area contributed by atoms with Crippen molar-refractivity contribution in [1.82, 2.24) is 4.90 Å². The Morgan fingerprint density at radius 1 is 1.15 bits per heavy atom. The first-order valence-electron chi connectivity index (χ1n) is 9.33. The molecule has 4 rings (SSSR count).